The average Bonchev–Trinajstić information content (AvgIpc) is 2.86. The molecular formula is C32H42O8. The van der Waals surface area contributed by atoms with Gasteiger partial charge >= 0.3 is 0 Å². The van der Waals surface area contributed by atoms with Crippen molar-refractivity contribution in [2.75, 3.05) is 7.11 Å². The summed E-state index contributed by atoms with van der Waals surface area (Å²) in [6, 6.07) is 5.32. The van der Waals surface area contributed by atoms with Crippen LogP contribution >= 0.6 is 0 Å². The van der Waals surface area contributed by atoms with Gasteiger partial charge in [0.15, 0.2) is 23.1 Å². The Morgan fingerprint density at radius 1 is 0.900 bits per heavy atom. The number of carbonyl (C=O) groups is 2. The molecule has 5 atom stereocenters. The van der Waals surface area contributed by atoms with Crippen LogP contribution in [0.4, 0.5) is 0 Å². The number of aliphatic hydroxyl groups excluding tert-OH is 2. The summed E-state index contributed by atoms with van der Waals surface area (Å²) >= 11 is 0. The van der Waals surface area contributed by atoms with E-state index < -0.39 is 24.4 Å². The van der Waals surface area contributed by atoms with Gasteiger partial charge in [0.2, 0.25) is 6.29 Å². The number of hydrogen-bond donors (Lipinski definition) is 2. The zero-order chi connectivity index (χ0) is 29.1. The maximum absolute atomic E-state index is 13.6. The Hall–Kier alpha value is -2.68. The summed E-state index contributed by atoms with van der Waals surface area (Å²) < 4.78 is 24.1. The van der Waals surface area contributed by atoms with E-state index in [4.69, 9.17) is 18.9 Å². The van der Waals surface area contributed by atoms with E-state index in [2.05, 4.69) is 27.7 Å². The van der Waals surface area contributed by atoms with E-state index >= 15 is 0 Å². The molecule has 0 aromatic heterocycles. The SMILES string of the molecule is CCC1OC(Oc2ccc(C3C4=C(CC(C)(C)CC4=O)OC4=C3C(=O)CC(C)(C)C4)cc2OC)C(O)C(O)C1C. The van der Waals surface area contributed by atoms with Crippen LogP contribution in [0.2, 0.25) is 0 Å². The van der Waals surface area contributed by atoms with E-state index in [1.165, 1.54) is 7.11 Å². The third-order valence-electron chi connectivity index (χ3n) is 8.81. The van der Waals surface area contributed by atoms with Crippen LogP contribution in [-0.4, -0.2) is 53.5 Å². The number of ketones is 2. The summed E-state index contributed by atoms with van der Waals surface area (Å²) in [6.07, 6.45) is -0.920. The molecule has 1 fully saturated rings. The van der Waals surface area contributed by atoms with Gasteiger partial charge in [-0.3, -0.25) is 9.59 Å². The number of ether oxygens (including phenoxy) is 4. The van der Waals surface area contributed by atoms with Crippen LogP contribution in [0.1, 0.15) is 85.1 Å². The second kappa shape index (κ2) is 10.3. The molecule has 2 N–H and O–H groups in total. The van der Waals surface area contributed by atoms with Crippen molar-refractivity contribution < 1.29 is 38.7 Å². The zero-order valence-electron chi connectivity index (χ0n) is 24.6. The topological polar surface area (TPSA) is 112 Å². The van der Waals surface area contributed by atoms with Gasteiger partial charge < -0.3 is 29.2 Å². The van der Waals surface area contributed by atoms with Crippen LogP contribution in [0.25, 0.3) is 0 Å². The van der Waals surface area contributed by atoms with E-state index in [-0.39, 0.29) is 34.4 Å². The highest BCUT2D eigenvalue weighted by Crippen LogP contribution is 2.54. The summed E-state index contributed by atoms with van der Waals surface area (Å²) in [4.78, 5) is 27.2. The van der Waals surface area contributed by atoms with Crippen molar-refractivity contribution in [2.45, 2.75) is 104 Å². The highest BCUT2D eigenvalue weighted by molar-refractivity contribution is 6.06. The quantitative estimate of drug-likeness (QED) is 0.525. The molecule has 0 amide bonds. The van der Waals surface area contributed by atoms with Gasteiger partial charge in [0.1, 0.15) is 17.6 Å². The van der Waals surface area contributed by atoms with Crippen molar-refractivity contribution in [3.63, 3.8) is 0 Å². The third-order valence-corrected chi connectivity index (χ3v) is 8.81. The smallest absolute Gasteiger partial charge is 0.229 e. The molecule has 2 aliphatic carbocycles. The molecule has 2 aliphatic heterocycles. The van der Waals surface area contributed by atoms with Crippen LogP contribution in [-0.2, 0) is 19.1 Å². The maximum atomic E-state index is 13.6. The maximum Gasteiger partial charge on any atom is 0.229 e. The van der Waals surface area contributed by atoms with Crippen molar-refractivity contribution in [1.29, 1.82) is 0 Å². The van der Waals surface area contributed by atoms with E-state index in [0.29, 0.717) is 66.3 Å². The first-order valence-electron chi connectivity index (χ1n) is 14.3. The Balaban J connectivity index is 1.55. The molecule has 40 heavy (non-hydrogen) atoms. The van der Waals surface area contributed by atoms with Gasteiger partial charge in [0, 0.05) is 48.7 Å². The van der Waals surface area contributed by atoms with Crippen LogP contribution in [0, 0.1) is 16.7 Å². The fourth-order valence-corrected chi connectivity index (χ4v) is 6.73. The van der Waals surface area contributed by atoms with Gasteiger partial charge in [-0.2, -0.15) is 0 Å². The first kappa shape index (κ1) is 28.8. The lowest BCUT2D eigenvalue weighted by molar-refractivity contribution is -0.255. The van der Waals surface area contributed by atoms with Gasteiger partial charge in [0.05, 0.1) is 19.3 Å². The Morgan fingerprint density at radius 2 is 1.48 bits per heavy atom. The van der Waals surface area contributed by atoms with Crippen LogP contribution in [0.15, 0.2) is 40.9 Å². The molecule has 0 bridgehead atoms. The van der Waals surface area contributed by atoms with E-state index in [9.17, 15) is 19.8 Å². The van der Waals surface area contributed by atoms with Crippen molar-refractivity contribution >= 4 is 11.6 Å². The molecule has 2 heterocycles. The Bertz CT molecular complexity index is 1220. The van der Waals surface area contributed by atoms with E-state index in [1.807, 2.05) is 19.9 Å². The summed E-state index contributed by atoms with van der Waals surface area (Å²) in [6.45, 7) is 12.0. The van der Waals surface area contributed by atoms with E-state index in [1.54, 1.807) is 12.1 Å². The van der Waals surface area contributed by atoms with Gasteiger partial charge in [-0.05, 0) is 34.9 Å². The minimum Gasteiger partial charge on any atom is -0.493 e. The largest absolute Gasteiger partial charge is 0.493 e. The molecular weight excluding hydrogens is 512 g/mol. The van der Waals surface area contributed by atoms with Crippen LogP contribution in [0.3, 0.4) is 0 Å². The van der Waals surface area contributed by atoms with Crippen molar-refractivity contribution in [2.24, 2.45) is 16.7 Å². The second-order valence-electron chi connectivity index (χ2n) is 13.4. The average molecular weight is 555 g/mol. The van der Waals surface area contributed by atoms with Gasteiger partial charge in [0.25, 0.3) is 0 Å². The number of hydrogen-bond acceptors (Lipinski definition) is 8. The molecule has 0 radical (unpaired) electrons. The molecule has 5 rings (SSSR count). The molecule has 5 unspecified atom stereocenters. The lowest BCUT2D eigenvalue weighted by Crippen LogP contribution is -2.55. The predicted molar refractivity (Wildman–Crippen MR) is 148 cm³/mol. The Labute approximate surface area is 236 Å². The lowest BCUT2D eigenvalue weighted by atomic mass is 9.65. The number of aliphatic hydroxyl groups is 2. The standard InChI is InChI=1S/C32H42O8/c1-8-20-16(2)28(35)29(36)30(39-20)40-21-10-9-17(11-22(21)37-7)25-26-18(33)12-31(3,4)14-23(26)38-24-15-32(5,6)13-19(34)27(24)25/h9-11,16,20,25,28-30,35-36H,8,12-15H2,1-7H3. The molecule has 1 saturated heterocycles. The van der Waals surface area contributed by atoms with Gasteiger partial charge in [-0.1, -0.05) is 47.6 Å². The van der Waals surface area contributed by atoms with Crippen molar-refractivity contribution in [3.8, 4) is 11.5 Å². The number of methoxy groups -OCH3 is 1. The molecule has 1 aromatic rings. The third kappa shape index (κ3) is 5.10. The minimum absolute atomic E-state index is 0.00725. The Morgan fingerprint density at radius 3 is 2.00 bits per heavy atom. The summed E-state index contributed by atoms with van der Waals surface area (Å²) in [5.74, 6) is 1.20. The van der Waals surface area contributed by atoms with Crippen molar-refractivity contribution in [3.05, 3.63) is 46.4 Å². The summed E-state index contributed by atoms with van der Waals surface area (Å²) in [7, 11) is 1.51. The van der Waals surface area contributed by atoms with Crippen molar-refractivity contribution in [1.82, 2.24) is 0 Å². The summed E-state index contributed by atoms with van der Waals surface area (Å²) in [5, 5.41) is 21.2. The lowest BCUT2D eigenvalue weighted by Gasteiger charge is -2.43. The molecule has 218 valence electrons. The second-order valence-corrected chi connectivity index (χ2v) is 13.4. The first-order valence-corrected chi connectivity index (χ1v) is 14.3. The molecule has 0 spiro atoms. The van der Waals surface area contributed by atoms with Gasteiger partial charge in [-0.25, -0.2) is 0 Å². The molecule has 8 nitrogen and oxygen atoms in total. The van der Waals surface area contributed by atoms with Crippen LogP contribution in [0.5, 0.6) is 11.5 Å². The number of allylic oxidation sites excluding steroid dienone is 4. The number of carbonyl (C=O) groups excluding carboxylic acids is 2. The zero-order valence-corrected chi connectivity index (χ0v) is 24.6. The minimum atomic E-state index is -1.23. The predicted octanol–water partition coefficient (Wildman–Crippen LogP) is 4.97. The normalized spacial score (nSPS) is 31.9. The fourth-order valence-electron chi connectivity index (χ4n) is 6.73. The highest BCUT2D eigenvalue weighted by atomic mass is 16.7. The van der Waals surface area contributed by atoms with Gasteiger partial charge in [-0.15, -0.1) is 0 Å². The molecule has 4 aliphatic rings. The van der Waals surface area contributed by atoms with Crippen LogP contribution < -0.4 is 9.47 Å². The molecule has 8 heteroatoms. The molecule has 1 aromatic carbocycles. The number of benzene rings is 1. The monoisotopic (exact) mass is 554 g/mol. The summed E-state index contributed by atoms with van der Waals surface area (Å²) in [5.41, 5.74) is 1.37. The fraction of sp³-hybridized carbons (Fsp3) is 0.625. The van der Waals surface area contributed by atoms with E-state index in [0.717, 1.165) is 5.56 Å². The first-order chi connectivity index (χ1) is 18.7. The Kier molecular flexibility index (Phi) is 7.43. The highest BCUT2D eigenvalue weighted by Gasteiger charge is 2.48. The molecule has 0 saturated carbocycles. The number of Topliss-reactive ketones (excluding diaryl/α,β-unsaturated/α-hetero) is 2. The number of rotatable bonds is 5.